The normalized spacial score (nSPS) is 9.43. The number of hydrogen-bond donors (Lipinski definition) is 0. The Kier molecular flexibility index (Phi) is 9.90. The summed E-state index contributed by atoms with van der Waals surface area (Å²) in [5.41, 5.74) is 15.1. The zero-order chi connectivity index (χ0) is 18.5. The van der Waals surface area contributed by atoms with E-state index in [-0.39, 0.29) is 59.1 Å². The Balaban J connectivity index is 0.000000261. The molecule has 0 heterocycles. The predicted octanol–water partition coefficient (Wildman–Crippen LogP) is 0.0724. The summed E-state index contributed by atoms with van der Waals surface area (Å²) in [6, 6.07) is 26.0. The number of fused-ring (bicyclic) bond motifs is 2. The van der Waals surface area contributed by atoms with Gasteiger partial charge in [0.15, 0.2) is 0 Å². The maximum Gasteiger partial charge on any atom is 1.00 e. The molecular formula is C22H16N2Na2O2. The summed E-state index contributed by atoms with van der Waals surface area (Å²) in [6.07, 6.45) is 0. The number of benzene rings is 4. The molecule has 0 bridgehead atoms. The molecule has 0 atom stereocenters. The number of amides is 2. The molecule has 0 aliphatic carbocycles. The predicted molar refractivity (Wildman–Crippen MR) is 105 cm³/mol. The Bertz CT molecular complexity index is 1010. The van der Waals surface area contributed by atoms with Crippen LogP contribution in [0.25, 0.3) is 33.0 Å². The summed E-state index contributed by atoms with van der Waals surface area (Å²) in [5.74, 6) is -1.26. The summed E-state index contributed by atoms with van der Waals surface area (Å²) in [5, 5.41) is 3.70. The average molecular weight is 386 g/mol. The molecule has 0 spiro atoms. The van der Waals surface area contributed by atoms with Gasteiger partial charge in [-0.15, -0.1) is 0 Å². The van der Waals surface area contributed by atoms with Gasteiger partial charge in [-0.1, -0.05) is 84.9 Å². The van der Waals surface area contributed by atoms with Crippen LogP contribution < -0.4 is 59.1 Å². The zero-order valence-electron chi connectivity index (χ0n) is 15.9. The fourth-order valence-corrected chi connectivity index (χ4v) is 2.85. The Labute approximate surface area is 207 Å². The number of nitrogens with one attached hydrogen (secondary N) is 2. The largest absolute Gasteiger partial charge is 1.00 e. The van der Waals surface area contributed by atoms with Gasteiger partial charge in [-0.05, 0) is 21.5 Å². The Morgan fingerprint density at radius 2 is 0.821 bits per heavy atom. The van der Waals surface area contributed by atoms with Crippen molar-refractivity contribution in [3.05, 3.63) is 108 Å². The van der Waals surface area contributed by atoms with E-state index in [1.54, 1.807) is 24.3 Å². The van der Waals surface area contributed by atoms with Crippen LogP contribution in [0.1, 0.15) is 20.7 Å². The van der Waals surface area contributed by atoms with E-state index < -0.39 is 11.8 Å². The van der Waals surface area contributed by atoms with Crippen LogP contribution in [0.2, 0.25) is 0 Å². The van der Waals surface area contributed by atoms with Crippen molar-refractivity contribution in [1.29, 1.82) is 0 Å². The smallest absolute Gasteiger partial charge is 0.664 e. The third-order valence-electron chi connectivity index (χ3n) is 4.07. The van der Waals surface area contributed by atoms with Crippen molar-refractivity contribution in [2.24, 2.45) is 0 Å². The molecule has 2 N–H and O–H groups in total. The van der Waals surface area contributed by atoms with Crippen LogP contribution in [0.5, 0.6) is 0 Å². The van der Waals surface area contributed by atoms with Gasteiger partial charge in [0.1, 0.15) is 0 Å². The van der Waals surface area contributed by atoms with Crippen molar-refractivity contribution in [2.45, 2.75) is 0 Å². The number of carbonyl (C=O) groups excluding carboxylic acids is 2. The SMILES string of the molecule is [NH-]C(=O)c1cccc2ccccc12.[NH-]C(=O)c1cccc2ccccc12.[Na+].[Na+]. The molecular weight excluding hydrogens is 370 g/mol. The van der Waals surface area contributed by atoms with Crippen molar-refractivity contribution in [1.82, 2.24) is 0 Å². The molecule has 2 amide bonds. The van der Waals surface area contributed by atoms with Gasteiger partial charge in [0.25, 0.3) is 0 Å². The first-order valence-electron chi connectivity index (χ1n) is 8.05. The van der Waals surface area contributed by atoms with Crippen molar-refractivity contribution in [3.8, 4) is 0 Å². The van der Waals surface area contributed by atoms with Crippen LogP contribution in [0.15, 0.2) is 84.9 Å². The molecule has 0 aliphatic heterocycles. The Morgan fingerprint density at radius 3 is 1.18 bits per heavy atom. The fraction of sp³-hybridized carbons (Fsp3) is 0. The summed E-state index contributed by atoms with van der Waals surface area (Å²) in [6.45, 7) is 0. The van der Waals surface area contributed by atoms with Gasteiger partial charge in [0.2, 0.25) is 0 Å². The Morgan fingerprint density at radius 1 is 0.500 bits per heavy atom. The van der Waals surface area contributed by atoms with Gasteiger partial charge < -0.3 is 21.1 Å². The van der Waals surface area contributed by atoms with E-state index in [0.717, 1.165) is 21.5 Å². The van der Waals surface area contributed by atoms with Crippen molar-refractivity contribution in [2.75, 3.05) is 0 Å². The molecule has 0 fully saturated rings. The van der Waals surface area contributed by atoms with Crippen molar-refractivity contribution < 1.29 is 68.7 Å². The molecule has 0 aliphatic rings. The Hall–Kier alpha value is -1.66. The number of carbonyl (C=O) groups is 2. The second-order valence-corrected chi connectivity index (χ2v) is 5.71. The molecule has 0 radical (unpaired) electrons. The van der Waals surface area contributed by atoms with Crippen LogP contribution in [-0.4, -0.2) is 11.8 Å². The maximum absolute atomic E-state index is 10.9. The number of rotatable bonds is 2. The van der Waals surface area contributed by atoms with Crippen LogP contribution in [-0.2, 0) is 0 Å². The van der Waals surface area contributed by atoms with E-state index in [9.17, 15) is 9.59 Å². The summed E-state index contributed by atoms with van der Waals surface area (Å²) < 4.78 is 0. The topological polar surface area (TPSA) is 81.7 Å². The van der Waals surface area contributed by atoms with Gasteiger partial charge in [-0.25, -0.2) is 0 Å². The molecule has 4 rings (SSSR count). The number of hydrogen-bond acceptors (Lipinski definition) is 2. The first kappa shape index (κ1) is 24.4. The monoisotopic (exact) mass is 386 g/mol. The first-order valence-corrected chi connectivity index (χ1v) is 8.05. The van der Waals surface area contributed by atoms with Gasteiger partial charge in [0.05, 0.1) is 11.8 Å². The van der Waals surface area contributed by atoms with Crippen LogP contribution in [0.4, 0.5) is 0 Å². The van der Waals surface area contributed by atoms with E-state index in [1.165, 1.54) is 0 Å². The molecule has 6 heteroatoms. The summed E-state index contributed by atoms with van der Waals surface area (Å²) in [4.78, 5) is 21.9. The van der Waals surface area contributed by atoms with E-state index in [4.69, 9.17) is 11.5 Å². The molecule has 4 aromatic rings. The van der Waals surface area contributed by atoms with Gasteiger partial charge in [-0.2, -0.15) is 0 Å². The second kappa shape index (κ2) is 11.4. The third kappa shape index (κ3) is 5.67. The van der Waals surface area contributed by atoms with Gasteiger partial charge >= 0.3 is 59.1 Å². The maximum atomic E-state index is 10.9. The fourth-order valence-electron chi connectivity index (χ4n) is 2.85. The molecule has 4 nitrogen and oxygen atoms in total. The molecule has 0 aromatic heterocycles. The summed E-state index contributed by atoms with van der Waals surface area (Å²) >= 11 is 0. The van der Waals surface area contributed by atoms with E-state index >= 15 is 0 Å². The van der Waals surface area contributed by atoms with Crippen LogP contribution in [0.3, 0.4) is 0 Å². The second-order valence-electron chi connectivity index (χ2n) is 5.71. The minimum Gasteiger partial charge on any atom is -0.664 e. The van der Waals surface area contributed by atoms with Crippen LogP contribution >= 0.6 is 0 Å². The molecule has 0 saturated carbocycles. The van der Waals surface area contributed by atoms with Crippen LogP contribution in [0, 0.1) is 0 Å². The third-order valence-corrected chi connectivity index (χ3v) is 4.07. The standard InChI is InChI=1S/2C11H9NO.2Na/c2*12-11(13)10-7-3-5-8-4-1-2-6-9(8)10;;/h2*1-7H,(H2,12,13);;/q;;2*+1/p-2. The van der Waals surface area contributed by atoms with E-state index in [2.05, 4.69) is 0 Å². The van der Waals surface area contributed by atoms with Gasteiger partial charge in [-0.3, -0.25) is 0 Å². The minimum atomic E-state index is -0.628. The molecule has 128 valence electrons. The molecule has 0 saturated heterocycles. The quantitative estimate of drug-likeness (QED) is 0.457. The van der Waals surface area contributed by atoms with Crippen molar-refractivity contribution >= 4 is 33.4 Å². The molecule has 28 heavy (non-hydrogen) atoms. The van der Waals surface area contributed by atoms with E-state index in [0.29, 0.717) is 11.1 Å². The molecule has 4 aromatic carbocycles. The zero-order valence-corrected chi connectivity index (χ0v) is 19.9. The molecule has 0 unspecified atom stereocenters. The van der Waals surface area contributed by atoms with Gasteiger partial charge in [0, 0.05) is 11.1 Å². The minimum absolute atomic E-state index is 0. The summed E-state index contributed by atoms with van der Waals surface area (Å²) in [7, 11) is 0. The average Bonchev–Trinajstić information content (AvgIpc) is 2.67. The van der Waals surface area contributed by atoms with E-state index in [1.807, 2.05) is 60.7 Å². The first-order chi connectivity index (χ1) is 12.6. The van der Waals surface area contributed by atoms with Crippen molar-refractivity contribution in [3.63, 3.8) is 0 Å².